The summed E-state index contributed by atoms with van der Waals surface area (Å²) < 4.78 is 35.1. The van der Waals surface area contributed by atoms with Crippen LogP contribution in [0.4, 0.5) is 5.69 Å². The Kier molecular flexibility index (Phi) is 10.2. The minimum Gasteiger partial charge on any atom is -0.457 e. The van der Waals surface area contributed by atoms with E-state index in [1.165, 1.54) is 24.1 Å². The number of aryl methyl sites for hydroxylation is 2. The predicted octanol–water partition coefficient (Wildman–Crippen LogP) is 5.84. The van der Waals surface area contributed by atoms with Crippen LogP contribution >= 0.6 is 0 Å². The fourth-order valence-corrected chi connectivity index (χ4v) is 6.06. The number of carbonyl (C=O) groups excluding carboxylic acids is 2. The summed E-state index contributed by atoms with van der Waals surface area (Å²) in [7, 11) is -2.64. The van der Waals surface area contributed by atoms with E-state index in [0.29, 0.717) is 17.9 Å². The summed E-state index contributed by atoms with van der Waals surface area (Å²) in [4.78, 5) is 28.5. The van der Waals surface area contributed by atoms with Crippen molar-refractivity contribution in [1.29, 1.82) is 0 Å². The van der Waals surface area contributed by atoms with Gasteiger partial charge in [0.25, 0.3) is 10.0 Å². The van der Waals surface area contributed by atoms with Gasteiger partial charge in [-0.1, -0.05) is 72.6 Å². The number of rotatable bonds is 12. The van der Waals surface area contributed by atoms with Crippen LogP contribution in [-0.4, -0.2) is 44.8 Å². The monoisotopic (exact) mass is 599 g/mol. The van der Waals surface area contributed by atoms with Gasteiger partial charge in [-0.2, -0.15) is 0 Å². The van der Waals surface area contributed by atoms with Gasteiger partial charge in [0, 0.05) is 13.6 Å². The molecule has 0 unspecified atom stereocenters. The van der Waals surface area contributed by atoms with Gasteiger partial charge in [0.15, 0.2) is 0 Å². The molecule has 0 aliphatic rings. The van der Waals surface area contributed by atoms with E-state index < -0.39 is 28.5 Å². The van der Waals surface area contributed by atoms with Crippen molar-refractivity contribution in [2.24, 2.45) is 0 Å². The zero-order chi connectivity index (χ0) is 31.0. The van der Waals surface area contributed by atoms with E-state index in [2.05, 4.69) is 5.32 Å². The third kappa shape index (κ3) is 7.81. The molecule has 0 aliphatic carbocycles. The smallest absolute Gasteiger partial charge is 0.264 e. The molecule has 43 heavy (non-hydrogen) atoms. The van der Waals surface area contributed by atoms with E-state index in [1.54, 1.807) is 36.4 Å². The number of nitrogens with one attached hydrogen (secondary N) is 1. The van der Waals surface area contributed by atoms with Crippen LogP contribution in [0.2, 0.25) is 0 Å². The number of hydrogen-bond donors (Lipinski definition) is 1. The van der Waals surface area contributed by atoms with Crippen LogP contribution in [0.15, 0.2) is 108 Å². The summed E-state index contributed by atoms with van der Waals surface area (Å²) in [5, 5.41) is 2.64. The van der Waals surface area contributed by atoms with E-state index in [1.807, 2.05) is 75.4 Å². The first-order valence-electron chi connectivity index (χ1n) is 14.1. The Labute approximate surface area is 254 Å². The lowest BCUT2D eigenvalue weighted by Crippen LogP contribution is -2.51. The minimum absolute atomic E-state index is 0.0546. The maximum Gasteiger partial charge on any atom is 0.264 e. The number of benzene rings is 4. The van der Waals surface area contributed by atoms with Gasteiger partial charge in [-0.25, -0.2) is 8.42 Å². The number of anilines is 1. The molecule has 224 valence electrons. The number of likely N-dealkylation sites (N-methyl/N-ethyl adjacent to an activating group) is 1. The molecule has 0 radical (unpaired) electrons. The van der Waals surface area contributed by atoms with Crippen molar-refractivity contribution < 1.29 is 22.7 Å². The van der Waals surface area contributed by atoms with Crippen LogP contribution < -0.4 is 14.4 Å². The van der Waals surface area contributed by atoms with Crippen molar-refractivity contribution in [2.45, 2.75) is 44.7 Å². The fourth-order valence-electron chi connectivity index (χ4n) is 4.65. The number of sulfonamides is 1. The van der Waals surface area contributed by atoms with E-state index in [9.17, 15) is 18.0 Å². The summed E-state index contributed by atoms with van der Waals surface area (Å²) in [6.07, 6.45) is 0.355. The van der Waals surface area contributed by atoms with Crippen molar-refractivity contribution >= 4 is 27.5 Å². The van der Waals surface area contributed by atoms with Crippen molar-refractivity contribution in [1.82, 2.24) is 10.2 Å². The molecular formula is C34H37N3O5S. The average Bonchev–Trinajstić information content (AvgIpc) is 3.01. The largest absolute Gasteiger partial charge is 0.457 e. The first-order chi connectivity index (χ1) is 20.6. The van der Waals surface area contributed by atoms with Crippen LogP contribution in [0.5, 0.6) is 11.5 Å². The number of carbonyl (C=O) groups is 2. The number of amides is 2. The van der Waals surface area contributed by atoms with E-state index >= 15 is 0 Å². The molecule has 0 aromatic heterocycles. The molecule has 4 aromatic rings. The van der Waals surface area contributed by atoms with E-state index in [0.717, 1.165) is 21.0 Å². The lowest BCUT2D eigenvalue weighted by atomic mass is 10.1. The highest BCUT2D eigenvalue weighted by molar-refractivity contribution is 7.92. The molecule has 0 heterocycles. The fraction of sp³-hybridized carbons (Fsp3) is 0.235. The van der Waals surface area contributed by atoms with Crippen LogP contribution in [0.3, 0.4) is 0 Å². The summed E-state index contributed by atoms with van der Waals surface area (Å²) in [6.45, 7) is 5.30. The molecule has 8 nitrogen and oxygen atoms in total. The molecule has 0 saturated heterocycles. The first kappa shape index (κ1) is 31.3. The Morgan fingerprint density at radius 2 is 1.35 bits per heavy atom. The van der Waals surface area contributed by atoms with Crippen molar-refractivity contribution in [3.8, 4) is 11.5 Å². The van der Waals surface area contributed by atoms with Crippen LogP contribution in [-0.2, 0) is 26.2 Å². The SMILES string of the molecule is CC[C@H](C(=O)NC)N(Cc1ccc(C)cc1)C(=O)CN(c1ccc(Oc2ccccc2)cc1)S(=O)(=O)c1ccc(C)cc1. The summed E-state index contributed by atoms with van der Waals surface area (Å²) in [5.74, 6) is 0.330. The summed E-state index contributed by atoms with van der Waals surface area (Å²) >= 11 is 0. The lowest BCUT2D eigenvalue weighted by Gasteiger charge is -2.33. The maximum atomic E-state index is 14.1. The second-order valence-electron chi connectivity index (χ2n) is 10.3. The molecule has 0 spiro atoms. The Balaban J connectivity index is 1.72. The first-order valence-corrected chi connectivity index (χ1v) is 15.6. The number of ether oxygens (including phenoxy) is 1. The van der Waals surface area contributed by atoms with E-state index in [4.69, 9.17) is 4.74 Å². The number of hydrogen-bond acceptors (Lipinski definition) is 5. The highest BCUT2D eigenvalue weighted by Crippen LogP contribution is 2.29. The zero-order valence-electron chi connectivity index (χ0n) is 24.9. The topological polar surface area (TPSA) is 96.0 Å². The van der Waals surface area contributed by atoms with Gasteiger partial charge in [-0.05, 0) is 74.4 Å². The van der Waals surface area contributed by atoms with Crippen molar-refractivity contribution in [2.75, 3.05) is 17.9 Å². The predicted molar refractivity (Wildman–Crippen MR) is 169 cm³/mol. The van der Waals surface area contributed by atoms with E-state index in [-0.39, 0.29) is 23.0 Å². The van der Waals surface area contributed by atoms with Crippen LogP contribution in [0, 0.1) is 13.8 Å². The van der Waals surface area contributed by atoms with Crippen LogP contribution in [0.25, 0.3) is 0 Å². The third-order valence-corrected chi connectivity index (χ3v) is 8.89. The van der Waals surface area contributed by atoms with Crippen molar-refractivity contribution in [3.63, 3.8) is 0 Å². The Morgan fingerprint density at radius 3 is 1.91 bits per heavy atom. The highest BCUT2D eigenvalue weighted by Gasteiger charge is 2.33. The molecule has 0 saturated carbocycles. The Hall–Kier alpha value is -4.63. The second-order valence-corrected chi connectivity index (χ2v) is 12.1. The molecule has 4 aromatic carbocycles. The second kappa shape index (κ2) is 14.0. The van der Waals surface area contributed by atoms with Gasteiger partial charge < -0.3 is 15.0 Å². The maximum absolute atomic E-state index is 14.1. The third-order valence-electron chi connectivity index (χ3n) is 7.10. The zero-order valence-corrected chi connectivity index (χ0v) is 25.7. The molecule has 1 N–H and O–H groups in total. The molecule has 1 atom stereocenters. The van der Waals surface area contributed by atoms with Crippen molar-refractivity contribution in [3.05, 3.63) is 120 Å². The minimum atomic E-state index is -4.16. The Morgan fingerprint density at radius 1 is 0.791 bits per heavy atom. The lowest BCUT2D eigenvalue weighted by molar-refractivity contribution is -0.140. The molecule has 0 bridgehead atoms. The number of nitrogens with zero attached hydrogens (tertiary/aromatic N) is 2. The molecule has 2 amide bonds. The van der Waals surface area contributed by atoms with Gasteiger partial charge in [-0.15, -0.1) is 0 Å². The summed E-state index contributed by atoms with van der Waals surface area (Å²) in [5.41, 5.74) is 3.09. The van der Waals surface area contributed by atoms with Gasteiger partial charge in [0.05, 0.1) is 10.6 Å². The normalized spacial score (nSPS) is 11.8. The molecule has 0 fully saturated rings. The van der Waals surface area contributed by atoms with Gasteiger partial charge >= 0.3 is 0 Å². The van der Waals surface area contributed by atoms with Gasteiger partial charge in [-0.3, -0.25) is 13.9 Å². The van der Waals surface area contributed by atoms with Crippen LogP contribution in [0.1, 0.15) is 30.0 Å². The quantitative estimate of drug-likeness (QED) is 0.221. The summed E-state index contributed by atoms with van der Waals surface area (Å²) in [6, 6.07) is 29.1. The molecule has 4 rings (SSSR count). The van der Waals surface area contributed by atoms with Gasteiger partial charge in [0.1, 0.15) is 24.1 Å². The standard InChI is InChI=1S/C34H37N3O5S/c1-5-32(34(39)35-4)36(23-27-15-11-25(2)12-16-27)33(38)24-37(43(40,41)31-21-13-26(3)14-22-31)28-17-19-30(20-18-28)42-29-9-7-6-8-10-29/h6-22,32H,5,23-24H2,1-4H3,(H,35,39)/t32-/m1/s1. The average molecular weight is 600 g/mol. The molecular weight excluding hydrogens is 562 g/mol. The van der Waals surface area contributed by atoms with Gasteiger partial charge in [0.2, 0.25) is 11.8 Å². The highest BCUT2D eigenvalue weighted by atomic mass is 32.2. The molecule has 9 heteroatoms. The number of para-hydroxylation sites is 1. The Bertz CT molecular complexity index is 1620. The molecule has 0 aliphatic heterocycles.